The van der Waals surface area contributed by atoms with Crippen molar-refractivity contribution < 1.29 is 27.2 Å². The lowest BCUT2D eigenvalue weighted by atomic mass is 10.1. The monoisotopic (exact) mass is 580 g/mol. The Morgan fingerprint density at radius 2 is 1.67 bits per heavy atom. The van der Waals surface area contributed by atoms with E-state index >= 15 is 0 Å². The van der Waals surface area contributed by atoms with Gasteiger partial charge >= 0.3 is 28.9 Å². The van der Waals surface area contributed by atoms with Crippen LogP contribution >= 0.6 is 0 Å². The molecule has 4 atom stereocenters. The fourth-order valence-electron chi connectivity index (χ4n) is 5.64. The van der Waals surface area contributed by atoms with Gasteiger partial charge in [-0.25, -0.2) is 19.1 Å². The van der Waals surface area contributed by atoms with Crippen LogP contribution in [0.1, 0.15) is 61.6 Å². The molecule has 2 fully saturated rings. The molecule has 1 unspecified atom stereocenters. The molecule has 2 aliphatic rings. The molecule has 2 aliphatic heterocycles. The van der Waals surface area contributed by atoms with Gasteiger partial charge in [0.15, 0.2) is 12.3 Å². The van der Waals surface area contributed by atoms with Gasteiger partial charge in [0.05, 0.1) is 6.61 Å². The van der Waals surface area contributed by atoms with E-state index in [1.54, 1.807) is 0 Å². The zero-order valence-electron chi connectivity index (χ0n) is 23.8. The summed E-state index contributed by atoms with van der Waals surface area (Å²) in [5, 5.41) is 0. The van der Waals surface area contributed by atoms with Crippen molar-refractivity contribution in [3.63, 3.8) is 0 Å². The number of carbonyl (C=O) groups is 1. The van der Waals surface area contributed by atoms with Gasteiger partial charge in [0.1, 0.15) is 18.5 Å². The van der Waals surface area contributed by atoms with Crippen molar-refractivity contribution in [2.45, 2.75) is 102 Å². The average Bonchev–Trinajstić information content (AvgIpc) is 3.48. The molecule has 216 valence electrons. The molecule has 39 heavy (non-hydrogen) atoms. The summed E-state index contributed by atoms with van der Waals surface area (Å²) in [6, 6.07) is 1.22. The number of nitrogens with one attached hydrogen (secondary N) is 1. The smallest absolute Gasteiger partial charge is 0.419 e. The molecule has 0 radical (unpaired) electrons. The second-order valence-corrected chi connectivity index (χ2v) is 20.3. The minimum Gasteiger partial charge on any atom is -0.438 e. The molecule has 0 aromatic carbocycles. The summed E-state index contributed by atoms with van der Waals surface area (Å²) in [7, 11) is -5.92. The Bertz CT molecular complexity index is 1240. The molecular formula is C25H40N4O8Si2. The van der Waals surface area contributed by atoms with Gasteiger partial charge < -0.3 is 22.4 Å². The second kappa shape index (κ2) is 11.3. The molecular weight excluding hydrogens is 540 g/mol. The number of ether oxygens (including phenoxy) is 2. The van der Waals surface area contributed by atoms with Gasteiger partial charge in [0.2, 0.25) is 0 Å². The summed E-state index contributed by atoms with van der Waals surface area (Å²) in [5.41, 5.74) is -0.900. The summed E-state index contributed by atoms with van der Waals surface area (Å²) >= 11 is 0. The van der Waals surface area contributed by atoms with Crippen LogP contribution in [0.25, 0.3) is 0 Å². The lowest BCUT2D eigenvalue weighted by Crippen LogP contribution is -2.66. The van der Waals surface area contributed by atoms with Crippen LogP contribution in [0, 0.1) is 0 Å². The number of aromatic nitrogens is 4. The Hall–Kier alpha value is -2.37. The maximum absolute atomic E-state index is 13.1. The van der Waals surface area contributed by atoms with Gasteiger partial charge in [0.25, 0.3) is 5.56 Å². The van der Waals surface area contributed by atoms with Gasteiger partial charge in [0, 0.05) is 24.7 Å². The zero-order valence-corrected chi connectivity index (χ0v) is 25.8. The van der Waals surface area contributed by atoms with Gasteiger partial charge in [-0.05, 0) is 22.2 Å². The first-order chi connectivity index (χ1) is 18.3. The molecule has 0 amide bonds. The van der Waals surface area contributed by atoms with Crippen LogP contribution in [0.5, 0.6) is 0 Å². The van der Waals surface area contributed by atoms with Crippen molar-refractivity contribution in [1.82, 2.24) is 19.1 Å². The Morgan fingerprint density at radius 1 is 1.03 bits per heavy atom. The number of nitrogens with zero attached hydrogens (tertiary/aromatic N) is 3. The van der Waals surface area contributed by atoms with E-state index in [0.29, 0.717) is 0 Å². The third kappa shape index (κ3) is 5.37. The number of carbonyl (C=O) groups excluding carboxylic acids is 1. The quantitative estimate of drug-likeness (QED) is 0.508. The first kappa shape index (κ1) is 29.6. The molecule has 2 aromatic heterocycles. The van der Waals surface area contributed by atoms with Crippen molar-refractivity contribution in [3.8, 4) is 0 Å². The molecule has 12 nitrogen and oxygen atoms in total. The predicted octanol–water partition coefficient (Wildman–Crippen LogP) is 3.64. The zero-order chi connectivity index (χ0) is 28.7. The van der Waals surface area contributed by atoms with E-state index in [0.717, 1.165) is 0 Å². The average molecular weight is 581 g/mol. The maximum atomic E-state index is 13.1. The Balaban J connectivity index is 1.84. The maximum Gasteiger partial charge on any atom is 0.419 e. The highest BCUT2D eigenvalue weighted by molar-refractivity contribution is 6.84. The van der Waals surface area contributed by atoms with Crippen molar-refractivity contribution in [2.24, 2.45) is 0 Å². The predicted molar refractivity (Wildman–Crippen MR) is 147 cm³/mol. The van der Waals surface area contributed by atoms with Gasteiger partial charge in [-0.3, -0.25) is 14.3 Å². The van der Waals surface area contributed by atoms with Crippen LogP contribution in [0.4, 0.5) is 4.79 Å². The second-order valence-electron chi connectivity index (χ2n) is 11.5. The number of imidazole rings is 1. The van der Waals surface area contributed by atoms with E-state index in [9.17, 15) is 14.4 Å². The molecule has 0 bridgehead atoms. The summed E-state index contributed by atoms with van der Waals surface area (Å²) in [6.07, 6.45) is 1.32. The minimum absolute atomic E-state index is 0.0316. The number of hydrogen-bond donors (Lipinski definition) is 1. The molecule has 0 spiro atoms. The molecule has 0 saturated carbocycles. The van der Waals surface area contributed by atoms with Crippen molar-refractivity contribution in [3.05, 3.63) is 51.8 Å². The third-order valence-corrected chi connectivity index (χ3v) is 17.9. The molecule has 4 rings (SSSR count). The van der Waals surface area contributed by atoms with Crippen molar-refractivity contribution in [1.29, 1.82) is 0 Å². The molecule has 4 heterocycles. The summed E-state index contributed by atoms with van der Waals surface area (Å²) in [5.74, 6) is 0. The summed E-state index contributed by atoms with van der Waals surface area (Å²) in [4.78, 5) is 43.9. The third-order valence-electron chi connectivity index (χ3n) is 7.69. The van der Waals surface area contributed by atoms with E-state index in [-0.39, 0.29) is 28.8 Å². The summed E-state index contributed by atoms with van der Waals surface area (Å²) < 4.78 is 35.9. The number of hydrogen-bond acceptors (Lipinski definition) is 9. The van der Waals surface area contributed by atoms with Gasteiger partial charge in [-0.15, -0.1) is 0 Å². The lowest BCUT2D eigenvalue weighted by Gasteiger charge is -2.51. The van der Waals surface area contributed by atoms with Crippen LogP contribution in [0.3, 0.4) is 0 Å². The highest BCUT2D eigenvalue weighted by Gasteiger charge is 2.62. The fraction of sp³-hybridized carbons (Fsp3) is 0.680. The molecule has 2 aromatic rings. The van der Waals surface area contributed by atoms with Crippen molar-refractivity contribution >= 4 is 23.2 Å². The molecule has 2 saturated heterocycles. The first-order valence-corrected chi connectivity index (χ1v) is 17.4. The van der Waals surface area contributed by atoms with Crippen molar-refractivity contribution in [2.75, 3.05) is 6.61 Å². The number of aromatic amines is 1. The summed E-state index contributed by atoms with van der Waals surface area (Å²) in [6.45, 7) is 17.0. The van der Waals surface area contributed by atoms with E-state index < -0.39 is 59.0 Å². The van der Waals surface area contributed by atoms with Crippen LogP contribution in [0.2, 0.25) is 22.2 Å². The van der Waals surface area contributed by atoms with Gasteiger partial charge in [-0.1, -0.05) is 55.4 Å². The number of fused-ring (bicyclic) bond motifs is 1. The first-order valence-electron chi connectivity index (χ1n) is 13.5. The molecule has 1 N–H and O–H groups in total. The van der Waals surface area contributed by atoms with Crippen LogP contribution < -0.4 is 11.2 Å². The largest absolute Gasteiger partial charge is 0.438 e. The fourth-order valence-corrected chi connectivity index (χ4v) is 16.9. The van der Waals surface area contributed by atoms with E-state index in [2.05, 4.69) is 65.4 Å². The van der Waals surface area contributed by atoms with Crippen LogP contribution in [0.15, 0.2) is 40.6 Å². The number of H-pyrrole nitrogens is 1. The highest BCUT2D eigenvalue weighted by atomic mass is 28.5. The van der Waals surface area contributed by atoms with Crippen LogP contribution in [-0.4, -0.2) is 67.2 Å². The minimum atomic E-state index is -3.08. The van der Waals surface area contributed by atoms with E-state index in [4.69, 9.17) is 22.4 Å². The topological polar surface area (TPSA) is 136 Å². The molecule has 0 aliphatic carbocycles. The Kier molecular flexibility index (Phi) is 8.54. The standard InChI is InChI=1S/C25H40N4O8Si2/c1-15(2)38(16(3)4)33-13-19-21(36-39(37-38,17(5)6)18(7)8)22(35-25(32)28-12-10-26-14-28)23(34-19)29-11-9-20(30)27-24(29)31/h9-12,14-19,21-23H,13H2,1-8H3,(H,27,30,31)/t19-,21?,22+,23-/m1/s1. The highest BCUT2D eigenvalue weighted by Crippen LogP contribution is 2.48. The van der Waals surface area contributed by atoms with E-state index in [1.165, 1.54) is 40.1 Å². The Morgan fingerprint density at radius 3 is 2.21 bits per heavy atom. The van der Waals surface area contributed by atoms with Crippen LogP contribution in [-0.2, 0) is 22.4 Å². The number of rotatable bonds is 6. The Labute approximate surface area is 230 Å². The lowest BCUT2D eigenvalue weighted by molar-refractivity contribution is -0.0608. The van der Waals surface area contributed by atoms with E-state index in [1.807, 2.05) is 0 Å². The molecule has 14 heteroatoms. The van der Waals surface area contributed by atoms with Gasteiger partial charge in [-0.2, -0.15) is 0 Å². The normalized spacial score (nSPS) is 26.6. The SMILES string of the molecule is CC(C)[Si]1(C(C)C)OC[C@H]2O[C@@H](n3ccc(=O)[nH]c3=O)[C@@H](OC(=O)n3ccnc3)C2O[Si](C(C)C)(C(C)C)O1.